The Kier molecular flexibility index (Phi) is 4.76. The van der Waals surface area contributed by atoms with Crippen LogP contribution in [-0.2, 0) is 13.0 Å². The second-order valence-corrected chi connectivity index (χ2v) is 4.36. The van der Waals surface area contributed by atoms with Crippen molar-refractivity contribution in [2.75, 3.05) is 24.8 Å². The summed E-state index contributed by atoms with van der Waals surface area (Å²) < 4.78 is 5.22. The minimum absolute atomic E-state index is 0.699. The maximum atomic E-state index is 5.22. The zero-order valence-electron chi connectivity index (χ0n) is 12.1. The number of nitrogens with zero attached hydrogens (tertiary/aromatic N) is 2. The number of methoxy groups -OCH3 is 1. The molecule has 2 N–H and O–H groups in total. The lowest BCUT2D eigenvalue weighted by atomic mass is 10.2. The average molecular weight is 272 g/mol. The number of anilines is 2. The van der Waals surface area contributed by atoms with Gasteiger partial charge in [-0.2, -0.15) is 0 Å². The predicted octanol–water partition coefficient (Wildman–Crippen LogP) is 2.70. The summed E-state index contributed by atoms with van der Waals surface area (Å²) >= 11 is 0. The van der Waals surface area contributed by atoms with Crippen molar-refractivity contribution >= 4 is 11.6 Å². The van der Waals surface area contributed by atoms with E-state index in [1.165, 1.54) is 0 Å². The first kappa shape index (κ1) is 14.1. The largest absolute Gasteiger partial charge is 0.497 e. The molecule has 0 spiro atoms. The summed E-state index contributed by atoms with van der Waals surface area (Å²) in [4.78, 5) is 8.55. The van der Waals surface area contributed by atoms with Crippen molar-refractivity contribution in [1.29, 1.82) is 0 Å². The minimum Gasteiger partial charge on any atom is -0.497 e. The summed E-state index contributed by atoms with van der Waals surface area (Å²) in [6, 6.07) is 7.99. The lowest BCUT2D eigenvalue weighted by Gasteiger charge is -2.13. The van der Waals surface area contributed by atoms with Gasteiger partial charge in [-0.25, -0.2) is 9.97 Å². The molecule has 20 heavy (non-hydrogen) atoms. The van der Waals surface area contributed by atoms with E-state index in [1.54, 1.807) is 13.4 Å². The molecule has 5 nitrogen and oxygen atoms in total. The van der Waals surface area contributed by atoms with Crippen LogP contribution in [0.25, 0.3) is 0 Å². The van der Waals surface area contributed by atoms with Gasteiger partial charge in [0.1, 0.15) is 23.7 Å². The molecule has 0 fully saturated rings. The zero-order chi connectivity index (χ0) is 14.4. The Morgan fingerprint density at radius 1 is 1.20 bits per heavy atom. The molecular formula is C15H20N4O. The summed E-state index contributed by atoms with van der Waals surface area (Å²) in [6.45, 7) is 2.79. The fourth-order valence-corrected chi connectivity index (χ4v) is 2.08. The fraction of sp³-hybridized carbons (Fsp3) is 0.333. The summed E-state index contributed by atoms with van der Waals surface area (Å²) in [6.07, 6.45) is 2.44. The van der Waals surface area contributed by atoms with Crippen molar-refractivity contribution in [2.24, 2.45) is 0 Å². The van der Waals surface area contributed by atoms with Gasteiger partial charge >= 0.3 is 0 Å². The number of aromatic nitrogens is 2. The first-order valence-electron chi connectivity index (χ1n) is 6.67. The molecule has 0 saturated heterocycles. The molecule has 0 aliphatic heterocycles. The smallest absolute Gasteiger partial charge is 0.134 e. The van der Waals surface area contributed by atoms with Gasteiger partial charge in [0.05, 0.1) is 7.11 Å². The molecule has 2 rings (SSSR count). The van der Waals surface area contributed by atoms with Crippen LogP contribution in [0.5, 0.6) is 5.75 Å². The highest BCUT2D eigenvalue weighted by molar-refractivity contribution is 5.57. The number of nitrogens with one attached hydrogen (secondary N) is 2. The Balaban J connectivity index is 2.14. The number of hydrogen-bond acceptors (Lipinski definition) is 5. The highest BCUT2D eigenvalue weighted by Gasteiger charge is 2.08. The zero-order valence-corrected chi connectivity index (χ0v) is 12.1. The molecule has 1 heterocycles. The monoisotopic (exact) mass is 272 g/mol. The van der Waals surface area contributed by atoms with E-state index in [4.69, 9.17) is 4.74 Å². The highest BCUT2D eigenvalue weighted by atomic mass is 16.5. The number of benzene rings is 1. The third-order valence-electron chi connectivity index (χ3n) is 3.13. The van der Waals surface area contributed by atoms with E-state index in [0.717, 1.165) is 34.9 Å². The molecule has 106 valence electrons. The van der Waals surface area contributed by atoms with Crippen molar-refractivity contribution in [2.45, 2.75) is 19.9 Å². The van der Waals surface area contributed by atoms with Crippen LogP contribution in [-0.4, -0.2) is 24.1 Å². The SMILES string of the molecule is CCc1c(NC)ncnc1NCc1cccc(OC)c1. The van der Waals surface area contributed by atoms with E-state index >= 15 is 0 Å². The lowest BCUT2D eigenvalue weighted by molar-refractivity contribution is 0.414. The Morgan fingerprint density at radius 3 is 2.70 bits per heavy atom. The van der Waals surface area contributed by atoms with E-state index in [9.17, 15) is 0 Å². The molecule has 0 amide bonds. The van der Waals surface area contributed by atoms with E-state index in [2.05, 4.69) is 33.6 Å². The molecule has 0 aliphatic carbocycles. The van der Waals surface area contributed by atoms with Crippen LogP contribution in [0.4, 0.5) is 11.6 Å². The fourth-order valence-electron chi connectivity index (χ4n) is 2.08. The van der Waals surface area contributed by atoms with E-state index in [1.807, 2.05) is 25.2 Å². The Morgan fingerprint density at radius 2 is 2.00 bits per heavy atom. The van der Waals surface area contributed by atoms with Crippen LogP contribution in [0.2, 0.25) is 0 Å². The van der Waals surface area contributed by atoms with Gasteiger partial charge in [-0.15, -0.1) is 0 Å². The maximum Gasteiger partial charge on any atom is 0.134 e. The Hall–Kier alpha value is -2.30. The first-order valence-corrected chi connectivity index (χ1v) is 6.67. The summed E-state index contributed by atoms with van der Waals surface area (Å²) in [7, 11) is 3.54. The topological polar surface area (TPSA) is 59.1 Å². The Bertz CT molecular complexity index is 572. The normalized spacial score (nSPS) is 10.2. The van der Waals surface area contributed by atoms with Gasteiger partial charge in [-0.3, -0.25) is 0 Å². The van der Waals surface area contributed by atoms with Crippen LogP contribution in [0.15, 0.2) is 30.6 Å². The molecule has 0 unspecified atom stereocenters. The van der Waals surface area contributed by atoms with Gasteiger partial charge in [0.15, 0.2) is 0 Å². The molecular weight excluding hydrogens is 252 g/mol. The van der Waals surface area contributed by atoms with Gasteiger partial charge in [0, 0.05) is 19.2 Å². The molecule has 0 saturated carbocycles. The number of ether oxygens (including phenoxy) is 1. The van der Waals surface area contributed by atoms with Crippen LogP contribution in [0, 0.1) is 0 Å². The summed E-state index contributed by atoms with van der Waals surface area (Å²) in [5, 5.41) is 6.45. The van der Waals surface area contributed by atoms with Crippen molar-refractivity contribution < 1.29 is 4.74 Å². The van der Waals surface area contributed by atoms with Crippen LogP contribution >= 0.6 is 0 Å². The molecule has 0 aliphatic rings. The van der Waals surface area contributed by atoms with E-state index < -0.39 is 0 Å². The van der Waals surface area contributed by atoms with Gasteiger partial charge in [0.25, 0.3) is 0 Å². The molecule has 0 bridgehead atoms. The first-order chi connectivity index (χ1) is 9.78. The van der Waals surface area contributed by atoms with Gasteiger partial charge in [-0.05, 0) is 24.1 Å². The van der Waals surface area contributed by atoms with Crippen molar-refractivity contribution in [3.8, 4) is 5.75 Å². The molecule has 5 heteroatoms. The molecule has 2 aromatic rings. The number of hydrogen-bond donors (Lipinski definition) is 2. The van der Waals surface area contributed by atoms with Crippen molar-refractivity contribution in [1.82, 2.24) is 9.97 Å². The standard InChI is InChI=1S/C15H20N4O/c1-4-13-14(16-2)18-10-19-15(13)17-9-11-6-5-7-12(8-11)20-3/h5-8,10H,4,9H2,1-3H3,(H2,16,17,18,19). The second kappa shape index (κ2) is 6.75. The third-order valence-corrected chi connectivity index (χ3v) is 3.13. The summed E-state index contributed by atoms with van der Waals surface area (Å²) in [5.41, 5.74) is 2.24. The number of rotatable bonds is 6. The van der Waals surface area contributed by atoms with Crippen LogP contribution in [0.1, 0.15) is 18.1 Å². The van der Waals surface area contributed by atoms with E-state index in [0.29, 0.717) is 6.54 Å². The summed E-state index contributed by atoms with van der Waals surface area (Å²) in [5.74, 6) is 2.60. The molecule has 1 aromatic carbocycles. The lowest BCUT2D eigenvalue weighted by Crippen LogP contribution is -2.08. The van der Waals surface area contributed by atoms with Gasteiger partial charge in [-0.1, -0.05) is 19.1 Å². The molecule has 0 radical (unpaired) electrons. The predicted molar refractivity (Wildman–Crippen MR) is 81.3 cm³/mol. The van der Waals surface area contributed by atoms with Crippen molar-refractivity contribution in [3.63, 3.8) is 0 Å². The quantitative estimate of drug-likeness (QED) is 0.846. The third kappa shape index (κ3) is 3.17. The Labute approximate surface area is 119 Å². The maximum absolute atomic E-state index is 5.22. The van der Waals surface area contributed by atoms with Crippen molar-refractivity contribution in [3.05, 3.63) is 41.7 Å². The van der Waals surface area contributed by atoms with Gasteiger partial charge < -0.3 is 15.4 Å². The molecule has 1 aromatic heterocycles. The van der Waals surface area contributed by atoms with Crippen LogP contribution in [0.3, 0.4) is 0 Å². The van der Waals surface area contributed by atoms with E-state index in [-0.39, 0.29) is 0 Å². The highest BCUT2D eigenvalue weighted by Crippen LogP contribution is 2.21. The van der Waals surface area contributed by atoms with Gasteiger partial charge in [0.2, 0.25) is 0 Å². The minimum atomic E-state index is 0.699. The average Bonchev–Trinajstić information content (AvgIpc) is 2.52. The second-order valence-electron chi connectivity index (χ2n) is 4.36. The van der Waals surface area contributed by atoms with Crippen LogP contribution < -0.4 is 15.4 Å². The molecule has 0 atom stereocenters.